The minimum atomic E-state index is -3.77. The molecule has 0 saturated carbocycles. The summed E-state index contributed by atoms with van der Waals surface area (Å²) in [5, 5.41) is -0.249. The molecule has 112 valence electrons. The summed E-state index contributed by atoms with van der Waals surface area (Å²) in [6.07, 6.45) is 0.461. The average Bonchev–Trinajstić information content (AvgIpc) is 2.97. The number of methoxy groups -OCH3 is 1. The van der Waals surface area contributed by atoms with Gasteiger partial charge in [0.1, 0.15) is 5.75 Å². The Morgan fingerprint density at radius 3 is 2.38 bits per heavy atom. The van der Waals surface area contributed by atoms with E-state index >= 15 is 0 Å². The van der Waals surface area contributed by atoms with E-state index in [-0.39, 0.29) is 17.4 Å². The van der Waals surface area contributed by atoms with Crippen molar-refractivity contribution in [1.29, 1.82) is 0 Å². The van der Waals surface area contributed by atoms with Crippen LogP contribution < -0.4 is 4.74 Å². The molecule has 1 aromatic heterocycles. The van der Waals surface area contributed by atoms with Gasteiger partial charge in [0.15, 0.2) is 12.0 Å². The van der Waals surface area contributed by atoms with E-state index in [0.717, 1.165) is 9.87 Å². The molecule has 0 amide bonds. The van der Waals surface area contributed by atoms with Gasteiger partial charge < -0.3 is 9.15 Å². The molecule has 0 unspecified atom stereocenters. The van der Waals surface area contributed by atoms with Crippen LogP contribution in [-0.4, -0.2) is 33.2 Å². The maximum Gasteiger partial charge on any atom is 0.276 e. The highest BCUT2D eigenvalue weighted by atomic mass is 32.2. The first kappa shape index (κ1) is 15.3. The highest BCUT2D eigenvalue weighted by Crippen LogP contribution is 2.20. The van der Waals surface area contributed by atoms with Gasteiger partial charge in [-0.05, 0) is 29.8 Å². The number of rotatable bonds is 6. The molecular weight excluding hydrogens is 294 g/mol. The van der Waals surface area contributed by atoms with E-state index in [1.54, 1.807) is 31.4 Å². The Labute approximate surface area is 123 Å². The van der Waals surface area contributed by atoms with E-state index < -0.39 is 10.0 Å². The highest BCUT2D eigenvalue weighted by Gasteiger charge is 2.24. The van der Waals surface area contributed by atoms with Gasteiger partial charge in [-0.3, -0.25) is 4.79 Å². The van der Waals surface area contributed by atoms with Gasteiger partial charge in [0.2, 0.25) is 5.09 Å². The normalized spacial score (nSPS) is 11.6. The van der Waals surface area contributed by atoms with E-state index in [9.17, 15) is 13.2 Å². The molecule has 2 aromatic rings. The molecule has 1 aromatic carbocycles. The van der Waals surface area contributed by atoms with Crippen LogP contribution in [0.4, 0.5) is 0 Å². The number of ether oxygens (including phenoxy) is 1. The SMILES string of the molecule is COc1ccc(CN(C)S(=O)(=O)c2ccc(C=O)o2)cc1. The number of sulfonamides is 1. The van der Waals surface area contributed by atoms with Crippen molar-refractivity contribution >= 4 is 16.3 Å². The van der Waals surface area contributed by atoms with Gasteiger partial charge in [-0.25, -0.2) is 8.42 Å². The monoisotopic (exact) mass is 309 g/mol. The van der Waals surface area contributed by atoms with Crippen LogP contribution in [0.1, 0.15) is 16.1 Å². The fourth-order valence-corrected chi connectivity index (χ4v) is 2.83. The fraction of sp³-hybridized carbons (Fsp3) is 0.214. The number of benzene rings is 1. The molecule has 0 aliphatic carbocycles. The maximum atomic E-state index is 12.3. The third kappa shape index (κ3) is 3.32. The first-order valence-corrected chi connectivity index (χ1v) is 7.55. The van der Waals surface area contributed by atoms with Crippen LogP contribution in [-0.2, 0) is 16.6 Å². The molecule has 6 nitrogen and oxygen atoms in total. The van der Waals surface area contributed by atoms with Crippen molar-refractivity contribution in [3.05, 3.63) is 47.7 Å². The van der Waals surface area contributed by atoms with Crippen molar-refractivity contribution in [2.75, 3.05) is 14.2 Å². The number of nitrogens with zero attached hydrogens (tertiary/aromatic N) is 1. The quantitative estimate of drug-likeness (QED) is 0.762. The fourth-order valence-electron chi connectivity index (χ4n) is 1.76. The second kappa shape index (κ2) is 6.11. The van der Waals surface area contributed by atoms with E-state index in [2.05, 4.69) is 0 Å². The van der Waals surface area contributed by atoms with Gasteiger partial charge in [-0.1, -0.05) is 12.1 Å². The van der Waals surface area contributed by atoms with E-state index in [0.29, 0.717) is 12.0 Å². The van der Waals surface area contributed by atoms with Crippen LogP contribution in [0.2, 0.25) is 0 Å². The van der Waals surface area contributed by atoms with E-state index in [4.69, 9.17) is 9.15 Å². The summed E-state index contributed by atoms with van der Waals surface area (Å²) >= 11 is 0. The summed E-state index contributed by atoms with van der Waals surface area (Å²) in [4.78, 5) is 10.6. The largest absolute Gasteiger partial charge is 0.497 e. The van der Waals surface area contributed by atoms with Crippen LogP contribution in [0.25, 0.3) is 0 Å². The number of hydrogen-bond acceptors (Lipinski definition) is 5. The number of aldehydes is 1. The standard InChI is InChI=1S/C14H15NO5S/c1-15(9-11-3-5-12(19-2)6-4-11)21(17,18)14-8-7-13(10-16)20-14/h3-8,10H,9H2,1-2H3. The summed E-state index contributed by atoms with van der Waals surface area (Å²) in [6, 6.07) is 9.67. The topological polar surface area (TPSA) is 76.8 Å². The van der Waals surface area contributed by atoms with E-state index in [1.807, 2.05) is 0 Å². The van der Waals surface area contributed by atoms with E-state index in [1.165, 1.54) is 19.2 Å². The number of furan rings is 1. The van der Waals surface area contributed by atoms with Gasteiger partial charge in [0.25, 0.3) is 10.0 Å². The van der Waals surface area contributed by atoms with Crippen LogP contribution in [0.15, 0.2) is 45.9 Å². The average molecular weight is 309 g/mol. The van der Waals surface area contributed by atoms with Gasteiger partial charge in [0.05, 0.1) is 7.11 Å². The van der Waals surface area contributed by atoms with Crippen molar-refractivity contribution in [1.82, 2.24) is 4.31 Å². The first-order chi connectivity index (χ1) is 9.97. The Morgan fingerprint density at radius 1 is 1.19 bits per heavy atom. The molecule has 21 heavy (non-hydrogen) atoms. The van der Waals surface area contributed by atoms with Crippen molar-refractivity contribution in [2.45, 2.75) is 11.6 Å². The Bertz CT molecular complexity index is 718. The van der Waals surface area contributed by atoms with Gasteiger partial charge in [-0.2, -0.15) is 4.31 Å². The number of carbonyl (C=O) groups excluding carboxylic acids is 1. The Balaban J connectivity index is 2.17. The first-order valence-electron chi connectivity index (χ1n) is 6.11. The predicted octanol–water partition coefficient (Wildman–Crippen LogP) is 1.92. The number of carbonyl (C=O) groups is 1. The Kier molecular flexibility index (Phi) is 4.44. The zero-order valence-corrected chi connectivity index (χ0v) is 12.5. The molecule has 0 saturated heterocycles. The second-order valence-electron chi connectivity index (χ2n) is 4.38. The lowest BCUT2D eigenvalue weighted by Crippen LogP contribution is -2.26. The van der Waals surface area contributed by atoms with Crippen LogP contribution in [0, 0.1) is 0 Å². The summed E-state index contributed by atoms with van der Waals surface area (Å²) in [6.45, 7) is 0.184. The van der Waals surface area contributed by atoms with Crippen LogP contribution in [0.5, 0.6) is 5.75 Å². The van der Waals surface area contributed by atoms with Crippen molar-refractivity contribution in [2.24, 2.45) is 0 Å². The summed E-state index contributed by atoms with van der Waals surface area (Å²) < 4.78 is 35.7. The van der Waals surface area contributed by atoms with Crippen molar-refractivity contribution in [3.63, 3.8) is 0 Å². The van der Waals surface area contributed by atoms with Crippen LogP contribution >= 0.6 is 0 Å². The molecule has 0 N–H and O–H groups in total. The zero-order chi connectivity index (χ0) is 15.5. The molecule has 0 atom stereocenters. The Hall–Kier alpha value is -2.12. The predicted molar refractivity (Wildman–Crippen MR) is 75.7 cm³/mol. The molecule has 0 aliphatic rings. The molecule has 0 aliphatic heterocycles. The lowest BCUT2D eigenvalue weighted by molar-refractivity contribution is 0.109. The Morgan fingerprint density at radius 2 is 1.86 bits per heavy atom. The third-order valence-corrected chi connectivity index (χ3v) is 4.62. The lowest BCUT2D eigenvalue weighted by Gasteiger charge is -2.15. The highest BCUT2D eigenvalue weighted by molar-refractivity contribution is 7.88. The summed E-state index contributed by atoms with van der Waals surface area (Å²) in [5.41, 5.74) is 0.809. The van der Waals surface area contributed by atoms with Gasteiger partial charge in [-0.15, -0.1) is 0 Å². The third-order valence-electron chi connectivity index (χ3n) is 2.95. The minimum Gasteiger partial charge on any atom is -0.497 e. The zero-order valence-electron chi connectivity index (χ0n) is 11.6. The molecule has 2 rings (SSSR count). The summed E-state index contributed by atoms with van der Waals surface area (Å²) in [7, 11) is -0.756. The molecular formula is C14H15NO5S. The van der Waals surface area contributed by atoms with Crippen molar-refractivity contribution in [3.8, 4) is 5.75 Å². The lowest BCUT2D eigenvalue weighted by atomic mass is 10.2. The van der Waals surface area contributed by atoms with Crippen LogP contribution in [0.3, 0.4) is 0 Å². The minimum absolute atomic E-state index is 0.0218. The molecule has 0 fully saturated rings. The molecule has 1 heterocycles. The molecule has 0 bridgehead atoms. The smallest absolute Gasteiger partial charge is 0.276 e. The molecule has 0 spiro atoms. The second-order valence-corrected chi connectivity index (χ2v) is 6.36. The summed E-state index contributed by atoms with van der Waals surface area (Å²) in [5.74, 6) is 0.678. The number of hydrogen-bond donors (Lipinski definition) is 0. The maximum absolute atomic E-state index is 12.3. The molecule has 0 radical (unpaired) electrons. The van der Waals surface area contributed by atoms with Gasteiger partial charge >= 0.3 is 0 Å². The molecule has 7 heteroatoms. The van der Waals surface area contributed by atoms with Crippen molar-refractivity contribution < 1.29 is 22.4 Å². The van der Waals surface area contributed by atoms with Gasteiger partial charge in [0, 0.05) is 13.6 Å².